The lowest BCUT2D eigenvalue weighted by Gasteiger charge is -2.21. The third-order valence-electron chi connectivity index (χ3n) is 5.95. The summed E-state index contributed by atoms with van der Waals surface area (Å²) in [7, 11) is 0. The summed E-state index contributed by atoms with van der Waals surface area (Å²) in [6, 6.07) is 16.3. The van der Waals surface area contributed by atoms with E-state index in [2.05, 4.69) is 68.8 Å². The van der Waals surface area contributed by atoms with Crippen LogP contribution in [0.25, 0.3) is 22.5 Å². The number of nitrogens with one attached hydrogen (secondary N) is 1. The highest BCUT2D eigenvalue weighted by molar-refractivity contribution is 5.80. The Labute approximate surface area is 198 Å². The van der Waals surface area contributed by atoms with Crippen LogP contribution in [0.4, 0.5) is 0 Å². The number of carbonyl (C=O) groups is 1. The van der Waals surface area contributed by atoms with Crippen molar-refractivity contribution in [2.24, 2.45) is 11.8 Å². The van der Waals surface area contributed by atoms with Crippen molar-refractivity contribution in [1.82, 2.24) is 35.4 Å². The van der Waals surface area contributed by atoms with Crippen molar-refractivity contribution in [3.8, 4) is 22.5 Å². The Morgan fingerprint density at radius 3 is 2.41 bits per heavy atom. The van der Waals surface area contributed by atoms with Crippen molar-refractivity contribution in [2.45, 2.75) is 46.1 Å². The molecule has 2 aromatic carbocycles. The first-order chi connectivity index (χ1) is 16.4. The molecule has 9 heteroatoms. The van der Waals surface area contributed by atoms with Crippen LogP contribution in [0.1, 0.15) is 50.9 Å². The van der Waals surface area contributed by atoms with Gasteiger partial charge in [-0.3, -0.25) is 4.79 Å². The zero-order chi connectivity index (χ0) is 24.1. The maximum atomic E-state index is 11.5. The van der Waals surface area contributed by atoms with Crippen LogP contribution in [0.2, 0.25) is 0 Å². The van der Waals surface area contributed by atoms with Gasteiger partial charge in [0.15, 0.2) is 5.82 Å². The molecule has 0 aliphatic rings. The summed E-state index contributed by atoms with van der Waals surface area (Å²) >= 11 is 0. The molecule has 0 aliphatic heterocycles. The number of aliphatic carboxylic acids is 1. The second-order valence-corrected chi connectivity index (χ2v) is 9.07. The molecule has 2 heterocycles. The van der Waals surface area contributed by atoms with Gasteiger partial charge in [-0.1, -0.05) is 69.3 Å². The summed E-state index contributed by atoms with van der Waals surface area (Å²) in [6.07, 6.45) is 2.96. The molecule has 4 rings (SSSR count). The maximum Gasteiger partial charge on any atom is 0.306 e. The molecule has 2 aromatic heterocycles. The van der Waals surface area contributed by atoms with Gasteiger partial charge in [-0.25, -0.2) is 14.8 Å². The fourth-order valence-electron chi connectivity index (χ4n) is 4.29. The van der Waals surface area contributed by atoms with E-state index < -0.39 is 11.9 Å². The molecule has 0 aliphatic carbocycles. The van der Waals surface area contributed by atoms with E-state index in [1.54, 1.807) is 13.3 Å². The average molecular weight is 460 g/mol. The molecule has 34 heavy (non-hydrogen) atoms. The Hall–Kier alpha value is -3.88. The van der Waals surface area contributed by atoms with E-state index in [-0.39, 0.29) is 5.92 Å². The molecule has 0 radical (unpaired) electrons. The minimum absolute atomic E-state index is 0.0373. The van der Waals surface area contributed by atoms with Crippen LogP contribution in [-0.2, 0) is 11.3 Å². The number of carboxylic acids is 1. The molecule has 2 N–H and O–H groups in total. The van der Waals surface area contributed by atoms with Gasteiger partial charge in [0.05, 0.1) is 12.5 Å². The van der Waals surface area contributed by atoms with Crippen LogP contribution in [0, 0.1) is 11.8 Å². The quantitative estimate of drug-likeness (QED) is 0.360. The van der Waals surface area contributed by atoms with E-state index in [0.29, 0.717) is 24.7 Å². The molecule has 0 spiro atoms. The van der Waals surface area contributed by atoms with Crippen molar-refractivity contribution in [2.75, 3.05) is 0 Å². The van der Waals surface area contributed by atoms with Crippen LogP contribution in [-0.4, -0.2) is 46.5 Å². The van der Waals surface area contributed by atoms with Gasteiger partial charge in [0.2, 0.25) is 0 Å². The maximum absolute atomic E-state index is 11.5. The molecule has 4 aromatic rings. The molecule has 2 unspecified atom stereocenters. The SMILES string of the molecule is CC(C)CC(CC(C)C(=O)O)c1ncnn1Cc1ccc(-c2ccccc2-c2nnn[nH]2)cc1. The zero-order valence-corrected chi connectivity index (χ0v) is 19.6. The predicted molar refractivity (Wildman–Crippen MR) is 128 cm³/mol. The number of nitrogens with zero attached hydrogens (tertiary/aromatic N) is 6. The van der Waals surface area contributed by atoms with Crippen molar-refractivity contribution >= 4 is 5.97 Å². The fraction of sp³-hybridized carbons (Fsp3) is 0.360. The van der Waals surface area contributed by atoms with Gasteiger partial charge in [0.1, 0.15) is 12.2 Å². The first kappa shape index (κ1) is 23.3. The van der Waals surface area contributed by atoms with Crippen molar-refractivity contribution in [1.29, 1.82) is 0 Å². The largest absolute Gasteiger partial charge is 0.481 e. The number of rotatable bonds is 10. The van der Waals surface area contributed by atoms with Crippen LogP contribution in [0.5, 0.6) is 0 Å². The second-order valence-electron chi connectivity index (χ2n) is 9.07. The summed E-state index contributed by atoms with van der Waals surface area (Å²) in [5.74, 6) is 0.711. The zero-order valence-electron chi connectivity index (χ0n) is 19.6. The number of H-pyrrole nitrogens is 1. The smallest absolute Gasteiger partial charge is 0.306 e. The monoisotopic (exact) mass is 459 g/mol. The second kappa shape index (κ2) is 10.4. The molecule has 0 amide bonds. The van der Waals surface area contributed by atoms with Crippen LogP contribution in [0.15, 0.2) is 54.9 Å². The molecule has 176 valence electrons. The number of benzene rings is 2. The van der Waals surface area contributed by atoms with Crippen LogP contribution >= 0.6 is 0 Å². The lowest BCUT2D eigenvalue weighted by atomic mass is 9.88. The van der Waals surface area contributed by atoms with E-state index in [9.17, 15) is 9.90 Å². The van der Waals surface area contributed by atoms with Gasteiger partial charge in [0, 0.05) is 11.5 Å². The summed E-state index contributed by atoms with van der Waals surface area (Å²) in [5.41, 5.74) is 4.11. The summed E-state index contributed by atoms with van der Waals surface area (Å²) in [6.45, 7) is 6.61. The third kappa shape index (κ3) is 5.36. The normalized spacial score (nSPS) is 13.2. The summed E-state index contributed by atoms with van der Waals surface area (Å²) in [5, 5.41) is 28.1. The Morgan fingerprint density at radius 1 is 1.03 bits per heavy atom. The van der Waals surface area contributed by atoms with E-state index in [1.807, 2.05) is 28.9 Å². The number of hydrogen-bond acceptors (Lipinski definition) is 6. The first-order valence-corrected chi connectivity index (χ1v) is 11.4. The Balaban J connectivity index is 1.56. The number of tetrazole rings is 1. The number of carboxylic acid groups (broad SMARTS) is 1. The predicted octanol–water partition coefficient (Wildman–Crippen LogP) is 4.41. The molecular weight excluding hydrogens is 430 g/mol. The standard InChI is InChI=1S/C25H29N7O2/c1-16(2)12-20(13-17(3)25(33)34)24-26-15-27-32(24)14-18-8-10-19(11-9-18)21-6-4-5-7-22(21)23-28-30-31-29-23/h4-11,15-17,20H,12-14H2,1-3H3,(H,33,34)(H,28,29,30,31). The fourth-order valence-corrected chi connectivity index (χ4v) is 4.29. The Bertz CT molecular complexity index is 1220. The number of hydrogen-bond donors (Lipinski definition) is 2. The van der Waals surface area contributed by atoms with E-state index >= 15 is 0 Å². The highest BCUT2D eigenvalue weighted by Gasteiger charge is 2.25. The molecule has 0 saturated heterocycles. The van der Waals surface area contributed by atoms with Gasteiger partial charge in [-0.05, 0) is 45.9 Å². The van der Waals surface area contributed by atoms with Gasteiger partial charge in [0.25, 0.3) is 0 Å². The van der Waals surface area contributed by atoms with Crippen LogP contribution in [0.3, 0.4) is 0 Å². The molecular formula is C25H29N7O2. The summed E-state index contributed by atoms with van der Waals surface area (Å²) < 4.78 is 1.89. The van der Waals surface area contributed by atoms with Gasteiger partial charge < -0.3 is 5.11 Å². The first-order valence-electron chi connectivity index (χ1n) is 11.4. The van der Waals surface area contributed by atoms with Crippen molar-refractivity contribution < 1.29 is 9.90 Å². The minimum Gasteiger partial charge on any atom is -0.481 e. The molecule has 0 fully saturated rings. The van der Waals surface area contributed by atoms with E-state index in [0.717, 1.165) is 34.5 Å². The van der Waals surface area contributed by atoms with E-state index in [4.69, 9.17) is 0 Å². The lowest BCUT2D eigenvalue weighted by Crippen LogP contribution is -2.19. The minimum atomic E-state index is -0.781. The Morgan fingerprint density at radius 2 is 1.76 bits per heavy atom. The van der Waals surface area contributed by atoms with Crippen molar-refractivity contribution in [3.63, 3.8) is 0 Å². The van der Waals surface area contributed by atoms with Crippen LogP contribution < -0.4 is 0 Å². The average Bonchev–Trinajstić information content (AvgIpc) is 3.51. The lowest BCUT2D eigenvalue weighted by molar-refractivity contribution is -0.141. The highest BCUT2D eigenvalue weighted by atomic mass is 16.4. The molecule has 9 nitrogen and oxygen atoms in total. The molecule has 2 atom stereocenters. The third-order valence-corrected chi connectivity index (χ3v) is 5.95. The molecule has 0 saturated carbocycles. The summed E-state index contributed by atoms with van der Waals surface area (Å²) in [4.78, 5) is 16.0. The topological polar surface area (TPSA) is 122 Å². The number of aromatic nitrogens is 7. The van der Waals surface area contributed by atoms with Gasteiger partial charge in [-0.2, -0.15) is 5.10 Å². The highest BCUT2D eigenvalue weighted by Crippen LogP contribution is 2.31. The van der Waals surface area contributed by atoms with Gasteiger partial charge in [-0.15, -0.1) is 5.10 Å². The Kier molecular flexibility index (Phi) is 7.10. The number of aromatic amines is 1. The van der Waals surface area contributed by atoms with Crippen molar-refractivity contribution in [3.05, 3.63) is 66.2 Å². The van der Waals surface area contributed by atoms with E-state index in [1.165, 1.54) is 0 Å². The molecule has 0 bridgehead atoms. The van der Waals surface area contributed by atoms with Gasteiger partial charge >= 0.3 is 5.97 Å².